The maximum Gasteiger partial charge on any atom is 0.279 e. The molecule has 0 spiro atoms. The maximum atomic E-state index is 11.1. The number of amidine groups is 1. The predicted octanol–water partition coefficient (Wildman–Crippen LogP) is -2.13. The molecule has 2 aliphatic heterocycles. The summed E-state index contributed by atoms with van der Waals surface area (Å²) >= 11 is 0. The molecule has 2 aliphatic rings. The molecule has 62 valence electrons. The molecule has 0 aromatic carbocycles. The van der Waals surface area contributed by atoms with Gasteiger partial charge in [-0.05, 0) is 5.22 Å². The van der Waals surface area contributed by atoms with Crippen LogP contribution in [-0.4, -0.2) is 23.4 Å². The third-order valence-corrected chi connectivity index (χ3v) is 1.32. The highest BCUT2D eigenvalue weighted by Crippen LogP contribution is 2.07. The molecule has 0 radical (unpaired) electrons. The van der Waals surface area contributed by atoms with Crippen molar-refractivity contribution >= 4 is 17.5 Å². The van der Waals surface area contributed by atoms with Crippen LogP contribution in [0.5, 0.6) is 0 Å². The van der Waals surface area contributed by atoms with Gasteiger partial charge in [0.2, 0.25) is 11.7 Å². The van der Waals surface area contributed by atoms with E-state index in [1.54, 1.807) is 0 Å². The number of hydrogen-bond acceptors (Lipinski definition) is 7. The van der Waals surface area contributed by atoms with E-state index in [9.17, 15) is 4.79 Å². The Balaban J connectivity index is 2.49. The minimum Gasteiger partial charge on any atom is -0.301 e. The molecule has 0 aromatic heterocycles. The average molecular weight is 167 g/mol. The highest BCUT2D eigenvalue weighted by molar-refractivity contribution is 6.67. The average Bonchev–Trinajstić information content (AvgIpc) is 2.31. The van der Waals surface area contributed by atoms with Crippen LogP contribution in [0, 0.1) is 0 Å². The van der Waals surface area contributed by atoms with Crippen molar-refractivity contribution < 1.29 is 4.79 Å². The normalized spacial score (nSPS) is 24.3. The largest absolute Gasteiger partial charge is 0.301 e. The molecule has 5 N–H and O–H groups in total. The summed E-state index contributed by atoms with van der Waals surface area (Å²) in [6.45, 7) is 0. The Kier molecular flexibility index (Phi) is 1.12. The van der Waals surface area contributed by atoms with E-state index in [4.69, 9.17) is 11.5 Å². The van der Waals surface area contributed by atoms with Gasteiger partial charge >= 0.3 is 0 Å². The summed E-state index contributed by atoms with van der Waals surface area (Å²) in [7, 11) is 0. The summed E-state index contributed by atoms with van der Waals surface area (Å²) in [5.41, 5.74) is 10.7. The first-order chi connectivity index (χ1) is 5.58. The first kappa shape index (κ1) is 7.00. The molecule has 8 nitrogen and oxygen atoms in total. The Morgan fingerprint density at radius 2 is 2.17 bits per heavy atom. The first-order valence-electron chi connectivity index (χ1n) is 3.08. The topological polar surface area (TPSA) is 131 Å². The van der Waals surface area contributed by atoms with Gasteiger partial charge < -0.3 is 5.32 Å². The van der Waals surface area contributed by atoms with Crippen LogP contribution < -0.4 is 16.8 Å². The van der Waals surface area contributed by atoms with Crippen LogP contribution in [0.2, 0.25) is 0 Å². The lowest BCUT2D eigenvalue weighted by atomic mass is 10.3. The second-order valence-electron chi connectivity index (χ2n) is 2.35. The number of aliphatic imine (C=N–C) groups is 1. The third kappa shape index (κ3) is 0.898. The zero-order valence-corrected chi connectivity index (χ0v) is 5.85. The summed E-state index contributed by atoms with van der Waals surface area (Å²) in [5, 5.41) is 12.3. The zero-order chi connectivity index (χ0) is 8.77. The molecule has 0 unspecified atom stereocenters. The second-order valence-corrected chi connectivity index (χ2v) is 2.35. The quantitative estimate of drug-likeness (QED) is 0.356. The Hall–Kier alpha value is -1.67. The van der Waals surface area contributed by atoms with Crippen LogP contribution in [0.25, 0.3) is 0 Å². The van der Waals surface area contributed by atoms with Crippen molar-refractivity contribution in [1.82, 2.24) is 5.32 Å². The van der Waals surface area contributed by atoms with Crippen LogP contribution in [0.3, 0.4) is 0 Å². The van der Waals surface area contributed by atoms with E-state index in [0.29, 0.717) is 0 Å². The van der Waals surface area contributed by atoms with Crippen molar-refractivity contribution in [3.05, 3.63) is 0 Å². The summed E-state index contributed by atoms with van der Waals surface area (Å²) in [5.74, 6) is -2.05. The Bertz CT molecular complexity index is 337. The van der Waals surface area contributed by atoms with Gasteiger partial charge in [-0.15, -0.1) is 10.2 Å². The van der Waals surface area contributed by atoms with E-state index in [-0.39, 0.29) is 11.5 Å². The molecule has 8 heteroatoms. The summed E-state index contributed by atoms with van der Waals surface area (Å²) in [6.07, 6.45) is 0. The van der Waals surface area contributed by atoms with E-state index >= 15 is 0 Å². The standard InChI is InChI=1S/C4H5N7O/c5-4(6)7-2-1(3(12)8-4)9-11-10-2/h5-6H2,(H,8,12). The van der Waals surface area contributed by atoms with Crippen molar-refractivity contribution in [2.45, 2.75) is 5.91 Å². The maximum absolute atomic E-state index is 11.1. The minimum absolute atomic E-state index is 0.0431. The summed E-state index contributed by atoms with van der Waals surface area (Å²) in [4.78, 5) is 14.8. The number of nitrogens with two attached hydrogens (primary N) is 2. The van der Waals surface area contributed by atoms with Gasteiger partial charge in [0.05, 0.1) is 0 Å². The van der Waals surface area contributed by atoms with E-state index in [1.165, 1.54) is 0 Å². The minimum atomic E-state index is -1.60. The molecular weight excluding hydrogens is 162 g/mol. The highest BCUT2D eigenvalue weighted by Gasteiger charge is 2.35. The number of nitrogens with one attached hydrogen (secondary N) is 1. The summed E-state index contributed by atoms with van der Waals surface area (Å²) < 4.78 is 0. The Morgan fingerprint density at radius 1 is 1.42 bits per heavy atom. The van der Waals surface area contributed by atoms with Gasteiger partial charge in [-0.2, -0.15) is 0 Å². The number of carbonyl (C=O) groups excluding carboxylic acids is 1. The summed E-state index contributed by atoms with van der Waals surface area (Å²) in [6, 6.07) is 0. The molecule has 2 rings (SSSR count). The number of nitrogens with zero attached hydrogens (tertiary/aromatic N) is 4. The van der Waals surface area contributed by atoms with E-state index in [2.05, 4.69) is 25.7 Å². The number of amides is 1. The van der Waals surface area contributed by atoms with Crippen LogP contribution in [0.15, 0.2) is 20.4 Å². The van der Waals surface area contributed by atoms with Crippen molar-refractivity contribution in [1.29, 1.82) is 0 Å². The lowest BCUT2D eigenvalue weighted by Crippen LogP contribution is -2.66. The van der Waals surface area contributed by atoms with E-state index in [0.717, 1.165) is 0 Å². The molecule has 2 heterocycles. The van der Waals surface area contributed by atoms with Crippen LogP contribution in [-0.2, 0) is 4.79 Å². The third-order valence-electron chi connectivity index (χ3n) is 1.32. The molecule has 0 atom stereocenters. The van der Waals surface area contributed by atoms with Gasteiger partial charge in [-0.25, -0.2) is 4.99 Å². The van der Waals surface area contributed by atoms with Crippen molar-refractivity contribution in [3.63, 3.8) is 0 Å². The van der Waals surface area contributed by atoms with Gasteiger partial charge in [0.15, 0.2) is 5.71 Å². The SMILES string of the molecule is NC1(N)N=C2N=NN=C2C(=O)N1. The number of carbonyl (C=O) groups is 1. The second kappa shape index (κ2) is 1.93. The van der Waals surface area contributed by atoms with Crippen molar-refractivity contribution in [3.8, 4) is 0 Å². The molecule has 0 aromatic rings. The van der Waals surface area contributed by atoms with Crippen LogP contribution >= 0.6 is 0 Å². The fourth-order valence-corrected chi connectivity index (χ4v) is 0.868. The van der Waals surface area contributed by atoms with Crippen LogP contribution in [0.1, 0.15) is 0 Å². The molecule has 0 saturated heterocycles. The molecule has 0 fully saturated rings. The van der Waals surface area contributed by atoms with Gasteiger partial charge in [0.25, 0.3) is 5.91 Å². The molecule has 0 saturated carbocycles. The van der Waals surface area contributed by atoms with Gasteiger partial charge in [-0.1, -0.05) is 0 Å². The molecule has 1 amide bonds. The van der Waals surface area contributed by atoms with Crippen LogP contribution in [0.4, 0.5) is 0 Å². The predicted molar refractivity (Wildman–Crippen MR) is 39.0 cm³/mol. The van der Waals surface area contributed by atoms with Gasteiger partial charge in [0, 0.05) is 0 Å². The van der Waals surface area contributed by atoms with E-state index in [1.807, 2.05) is 0 Å². The molecule has 0 aliphatic carbocycles. The number of fused-ring (bicyclic) bond motifs is 1. The monoisotopic (exact) mass is 167 g/mol. The van der Waals surface area contributed by atoms with Crippen molar-refractivity contribution in [2.75, 3.05) is 0 Å². The van der Waals surface area contributed by atoms with Gasteiger partial charge in [-0.3, -0.25) is 16.3 Å². The lowest BCUT2D eigenvalue weighted by molar-refractivity contribution is -0.116. The highest BCUT2D eigenvalue weighted by atomic mass is 16.2. The Labute approximate surface area is 66.4 Å². The van der Waals surface area contributed by atoms with Crippen molar-refractivity contribution in [2.24, 2.45) is 31.9 Å². The molecule has 0 bridgehead atoms. The number of rotatable bonds is 0. The first-order valence-corrected chi connectivity index (χ1v) is 3.08. The fraction of sp³-hybridized carbons (Fsp3) is 0.250. The smallest absolute Gasteiger partial charge is 0.279 e. The molecular formula is C4H5N7O. The van der Waals surface area contributed by atoms with Gasteiger partial charge in [0.1, 0.15) is 0 Å². The lowest BCUT2D eigenvalue weighted by Gasteiger charge is -2.24. The fourth-order valence-electron chi connectivity index (χ4n) is 0.868. The number of hydrogen-bond donors (Lipinski definition) is 3. The molecule has 12 heavy (non-hydrogen) atoms. The zero-order valence-electron chi connectivity index (χ0n) is 5.85. The van der Waals surface area contributed by atoms with E-state index < -0.39 is 11.8 Å². The Morgan fingerprint density at radius 3 is 2.92 bits per heavy atom.